The van der Waals surface area contributed by atoms with Gasteiger partial charge in [-0.15, -0.1) is 0 Å². The fourth-order valence-electron chi connectivity index (χ4n) is 3.48. The second kappa shape index (κ2) is 7.05. The van der Waals surface area contributed by atoms with Gasteiger partial charge in [0, 0.05) is 13.5 Å². The topological polar surface area (TPSA) is 59.0 Å². The molecule has 5 heteroatoms. The molecule has 25 heavy (non-hydrogen) atoms. The Labute approximate surface area is 147 Å². The van der Waals surface area contributed by atoms with Crippen molar-refractivity contribution in [3.05, 3.63) is 53.1 Å². The van der Waals surface area contributed by atoms with E-state index in [1.54, 1.807) is 33.3 Å². The number of ether oxygens (including phenoxy) is 2. The Hall–Kier alpha value is -2.69. The van der Waals surface area contributed by atoms with Crippen molar-refractivity contribution in [2.75, 3.05) is 20.8 Å². The summed E-state index contributed by atoms with van der Waals surface area (Å²) in [7, 11) is 3.24. The first-order chi connectivity index (χ1) is 12.0. The summed E-state index contributed by atoms with van der Waals surface area (Å²) >= 11 is 0. The van der Waals surface area contributed by atoms with Crippen LogP contribution in [0.3, 0.4) is 0 Å². The first-order valence-corrected chi connectivity index (χ1v) is 8.33. The van der Waals surface area contributed by atoms with Gasteiger partial charge in [0.05, 0.1) is 20.3 Å². The zero-order valence-corrected chi connectivity index (χ0v) is 14.8. The van der Waals surface area contributed by atoms with Crippen LogP contribution >= 0.6 is 0 Å². The number of methoxy groups -OCH3 is 2. The van der Waals surface area contributed by atoms with Gasteiger partial charge in [-0.2, -0.15) is 0 Å². The summed E-state index contributed by atoms with van der Waals surface area (Å²) < 4.78 is 10.9. The van der Waals surface area contributed by atoms with Crippen molar-refractivity contribution >= 4 is 5.91 Å². The Morgan fingerprint density at radius 2 is 1.80 bits per heavy atom. The van der Waals surface area contributed by atoms with E-state index in [0.717, 1.165) is 17.5 Å². The number of hydrogen-bond acceptors (Lipinski definition) is 4. The molecule has 0 bridgehead atoms. The van der Waals surface area contributed by atoms with E-state index in [2.05, 4.69) is 0 Å². The summed E-state index contributed by atoms with van der Waals surface area (Å²) in [6.07, 6.45) is 1.48. The molecule has 132 valence electrons. The predicted molar refractivity (Wildman–Crippen MR) is 95.2 cm³/mol. The minimum absolute atomic E-state index is 0.0595. The number of fused-ring (bicyclic) bond motifs is 1. The molecule has 0 spiro atoms. The Balaban J connectivity index is 2.03. The molecule has 0 saturated heterocycles. The monoisotopic (exact) mass is 341 g/mol. The molecule has 1 aliphatic rings. The lowest BCUT2D eigenvalue weighted by Gasteiger charge is -2.37. The molecular weight excluding hydrogens is 318 g/mol. The van der Waals surface area contributed by atoms with Gasteiger partial charge in [-0.25, -0.2) is 0 Å². The third-order valence-electron chi connectivity index (χ3n) is 4.77. The number of hydrogen-bond donors (Lipinski definition) is 1. The van der Waals surface area contributed by atoms with Gasteiger partial charge < -0.3 is 19.5 Å². The van der Waals surface area contributed by atoms with Crippen molar-refractivity contribution in [3.8, 4) is 17.2 Å². The van der Waals surface area contributed by atoms with E-state index in [1.807, 2.05) is 29.2 Å². The molecule has 0 aromatic heterocycles. The van der Waals surface area contributed by atoms with Gasteiger partial charge in [0.25, 0.3) is 0 Å². The molecule has 0 radical (unpaired) electrons. The van der Waals surface area contributed by atoms with Gasteiger partial charge in [0.1, 0.15) is 5.75 Å². The van der Waals surface area contributed by atoms with Crippen molar-refractivity contribution < 1.29 is 19.4 Å². The maximum absolute atomic E-state index is 12.2. The summed E-state index contributed by atoms with van der Waals surface area (Å²) in [5, 5.41) is 9.49. The first-order valence-electron chi connectivity index (χ1n) is 8.33. The lowest BCUT2D eigenvalue weighted by Crippen LogP contribution is -2.39. The largest absolute Gasteiger partial charge is 0.508 e. The van der Waals surface area contributed by atoms with E-state index in [9.17, 15) is 9.90 Å². The molecule has 0 aliphatic carbocycles. The Morgan fingerprint density at radius 3 is 2.40 bits per heavy atom. The fourth-order valence-corrected chi connectivity index (χ4v) is 3.48. The Bertz CT molecular complexity index is 770. The van der Waals surface area contributed by atoms with E-state index in [1.165, 1.54) is 5.56 Å². The molecule has 1 amide bonds. The minimum atomic E-state index is -0.0643. The lowest BCUT2D eigenvalue weighted by molar-refractivity contribution is -0.131. The van der Waals surface area contributed by atoms with Gasteiger partial charge in [0.2, 0.25) is 5.91 Å². The highest BCUT2D eigenvalue weighted by atomic mass is 16.5. The van der Waals surface area contributed by atoms with Crippen molar-refractivity contribution in [1.82, 2.24) is 4.90 Å². The molecule has 1 heterocycles. The van der Waals surface area contributed by atoms with Gasteiger partial charge >= 0.3 is 0 Å². The van der Waals surface area contributed by atoms with E-state index in [0.29, 0.717) is 24.5 Å². The number of carbonyl (C=O) groups excluding carboxylic acids is 1. The maximum atomic E-state index is 12.2. The SMILES string of the molecule is COc1cc2c(cc1OC)[C@@H](Cc1ccc(O)cc1)N(C(C)=O)CC2. The average Bonchev–Trinajstić information content (AvgIpc) is 2.62. The van der Waals surface area contributed by atoms with Crippen LogP contribution in [-0.4, -0.2) is 36.7 Å². The van der Waals surface area contributed by atoms with Crippen LogP contribution in [0.2, 0.25) is 0 Å². The summed E-state index contributed by atoms with van der Waals surface area (Å²) in [5.74, 6) is 1.68. The zero-order chi connectivity index (χ0) is 18.0. The molecule has 2 aromatic rings. The smallest absolute Gasteiger partial charge is 0.219 e. The summed E-state index contributed by atoms with van der Waals surface area (Å²) in [4.78, 5) is 14.1. The van der Waals surface area contributed by atoms with Crippen LogP contribution < -0.4 is 9.47 Å². The standard InChI is InChI=1S/C20H23NO4/c1-13(22)21-9-8-15-11-19(24-2)20(25-3)12-17(15)18(21)10-14-4-6-16(23)7-5-14/h4-7,11-12,18,23H,8-10H2,1-3H3/t18-/m1/s1. The third-order valence-corrected chi connectivity index (χ3v) is 4.77. The Morgan fingerprint density at radius 1 is 1.16 bits per heavy atom. The van der Waals surface area contributed by atoms with Gasteiger partial charge in [-0.3, -0.25) is 4.79 Å². The normalized spacial score (nSPS) is 16.3. The van der Waals surface area contributed by atoms with Crippen LogP contribution in [0, 0.1) is 0 Å². The van der Waals surface area contributed by atoms with Crippen LogP contribution in [0.1, 0.15) is 29.7 Å². The Kier molecular flexibility index (Phi) is 4.83. The third kappa shape index (κ3) is 3.40. The minimum Gasteiger partial charge on any atom is -0.508 e. The van der Waals surface area contributed by atoms with Crippen LogP contribution in [-0.2, 0) is 17.6 Å². The molecule has 5 nitrogen and oxygen atoms in total. The number of aromatic hydroxyl groups is 1. The van der Waals surface area contributed by atoms with E-state index in [-0.39, 0.29) is 17.7 Å². The number of rotatable bonds is 4. The van der Waals surface area contributed by atoms with E-state index < -0.39 is 0 Å². The molecule has 1 atom stereocenters. The van der Waals surface area contributed by atoms with Gasteiger partial charge in [-0.05, 0) is 53.8 Å². The highest BCUT2D eigenvalue weighted by Gasteiger charge is 2.30. The van der Waals surface area contributed by atoms with Gasteiger partial charge in [0.15, 0.2) is 11.5 Å². The van der Waals surface area contributed by atoms with Crippen molar-refractivity contribution in [2.45, 2.75) is 25.8 Å². The van der Waals surface area contributed by atoms with Crippen LogP contribution in [0.15, 0.2) is 36.4 Å². The van der Waals surface area contributed by atoms with Crippen molar-refractivity contribution in [1.29, 1.82) is 0 Å². The molecule has 1 aliphatic heterocycles. The molecule has 2 aromatic carbocycles. The van der Waals surface area contributed by atoms with Crippen LogP contribution in [0.4, 0.5) is 0 Å². The lowest BCUT2D eigenvalue weighted by atomic mass is 9.88. The second-order valence-electron chi connectivity index (χ2n) is 6.25. The predicted octanol–water partition coefficient (Wildman–Crippen LogP) is 3.10. The van der Waals surface area contributed by atoms with Crippen molar-refractivity contribution in [2.24, 2.45) is 0 Å². The molecule has 0 saturated carbocycles. The summed E-state index contributed by atoms with van der Waals surface area (Å²) in [5.41, 5.74) is 3.34. The first kappa shape index (κ1) is 17.1. The fraction of sp³-hybridized carbons (Fsp3) is 0.350. The molecule has 1 N–H and O–H groups in total. The summed E-state index contributed by atoms with van der Waals surface area (Å²) in [6, 6.07) is 11.1. The number of phenolic OH excluding ortho intramolecular Hbond substituents is 1. The second-order valence-corrected chi connectivity index (χ2v) is 6.25. The molecule has 0 unspecified atom stereocenters. The number of carbonyl (C=O) groups is 1. The maximum Gasteiger partial charge on any atom is 0.219 e. The van der Waals surface area contributed by atoms with Crippen molar-refractivity contribution in [3.63, 3.8) is 0 Å². The molecular formula is C20H23NO4. The van der Waals surface area contributed by atoms with Crippen LogP contribution in [0.25, 0.3) is 0 Å². The highest BCUT2D eigenvalue weighted by Crippen LogP contribution is 2.39. The summed E-state index contributed by atoms with van der Waals surface area (Å²) in [6.45, 7) is 2.29. The van der Waals surface area contributed by atoms with E-state index >= 15 is 0 Å². The average molecular weight is 341 g/mol. The quantitative estimate of drug-likeness (QED) is 0.928. The number of phenols is 1. The highest BCUT2D eigenvalue weighted by molar-refractivity contribution is 5.74. The number of nitrogens with zero attached hydrogens (tertiary/aromatic N) is 1. The van der Waals surface area contributed by atoms with E-state index in [4.69, 9.17) is 9.47 Å². The molecule has 0 fully saturated rings. The number of benzene rings is 2. The van der Waals surface area contributed by atoms with Gasteiger partial charge in [-0.1, -0.05) is 12.1 Å². The molecule has 3 rings (SSSR count). The number of amides is 1. The zero-order valence-electron chi connectivity index (χ0n) is 14.8. The van der Waals surface area contributed by atoms with Crippen LogP contribution in [0.5, 0.6) is 17.2 Å².